The number of hydrogen-bond donors (Lipinski definition) is 0. The van der Waals surface area contributed by atoms with Crippen molar-refractivity contribution in [3.8, 4) is 0 Å². The summed E-state index contributed by atoms with van der Waals surface area (Å²) in [6, 6.07) is 13.3. The van der Waals surface area contributed by atoms with E-state index in [1.165, 1.54) is 25.7 Å². The first-order valence-corrected chi connectivity index (χ1v) is 12.7. The Hall–Kier alpha value is -2.71. The standard InChI is InChI=1S/C25H33N3O4S/c1-19-17-22(18-23(20(19)2)33(31,32)26(3)4)25(30)28-15-13-27(14-16-28)24(29)12-8-11-21-9-6-5-7-10-21/h5-7,9-10,17-18H,8,11-16H2,1-4H3. The summed E-state index contributed by atoms with van der Waals surface area (Å²) in [5, 5.41) is 0. The molecule has 1 aliphatic heterocycles. The third-order valence-electron chi connectivity index (χ3n) is 6.24. The Bertz CT molecular complexity index is 1110. The predicted octanol–water partition coefficient (Wildman–Crippen LogP) is 2.86. The summed E-state index contributed by atoms with van der Waals surface area (Å²) >= 11 is 0. The molecule has 0 N–H and O–H groups in total. The van der Waals surface area contributed by atoms with Crippen LogP contribution >= 0.6 is 0 Å². The van der Waals surface area contributed by atoms with Crippen LogP contribution in [-0.2, 0) is 21.2 Å². The van der Waals surface area contributed by atoms with E-state index in [4.69, 9.17) is 0 Å². The van der Waals surface area contributed by atoms with Gasteiger partial charge in [0.1, 0.15) is 0 Å². The van der Waals surface area contributed by atoms with Gasteiger partial charge in [-0.05, 0) is 55.5 Å². The molecule has 2 aromatic rings. The Morgan fingerprint density at radius 3 is 2.15 bits per heavy atom. The van der Waals surface area contributed by atoms with Gasteiger partial charge < -0.3 is 9.80 Å². The fraction of sp³-hybridized carbons (Fsp3) is 0.440. The molecule has 2 amide bonds. The number of carbonyl (C=O) groups is 2. The Morgan fingerprint density at radius 1 is 0.939 bits per heavy atom. The molecule has 178 valence electrons. The molecule has 0 aromatic heterocycles. The molecular weight excluding hydrogens is 438 g/mol. The molecule has 0 bridgehead atoms. The van der Waals surface area contributed by atoms with E-state index in [0.29, 0.717) is 43.7 Å². The summed E-state index contributed by atoms with van der Waals surface area (Å²) in [6.45, 7) is 5.42. The smallest absolute Gasteiger partial charge is 0.254 e. The van der Waals surface area contributed by atoms with Gasteiger partial charge in [-0.2, -0.15) is 0 Å². The van der Waals surface area contributed by atoms with E-state index < -0.39 is 10.0 Å². The molecule has 1 heterocycles. The normalized spacial score (nSPS) is 14.6. The fourth-order valence-corrected chi connectivity index (χ4v) is 5.22. The second kappa shape index (κ2) is 10.5. The highest BCUT2D eigenvalue weighted by atomic mass is 32.2. The lowest BCUT2D eigenvalue weighted by molar-refractivity contribution is -0.132. The molecule has 1 aliphatic rings. The minimum atomic E-state index is -3.66. The maximum atomic E-state index is 13.1. The molecule has 0 unspecified atom stereocenters. The topological polar surface area (TPSA) is 78.0 Å². The molecule has 1 fully saturated rings. The lowest BCUT2D eigenvalue weighted by Gasteiger charge is -2.35. The molecule has 0 aliphatic carbocycles. The molecule has 7 nitrogen and oxygen atoms in total. The van der Waals surface area contributed by atoms with Gasteiger partial charge in [-0.15, -0.1) is 0 Å². The predicted molar refractivity (Wildman–Crippen MR) is 129 cm³/mol. The van der Waals surface area contributed by atoms with Crippen LogP contribution < -0.4 is 0 Å². The van der Waals surface area contributed by atoms with Crippen molar-refractivity contribution in [2.45, 2.75) is 38.0 Å². The molecule has 0 atom stereocenters. The van der Waals surface area contributed by atoms with Gasteiger partial charge in [0.05, 0.1) is 4.90 Å². The minimum absolute atomic E-state index is 0.114. The van der Waals surface area contributed by atoms with E-state index in [1.54, 1.807) is 17.9 Å². The maximum absolute atomic E-state index is 13.1. The maximum Gasteiger partial charge on any atom is 0.254 e. The number of amides is 2. The van der Waals surface area contributed by atoms with Crippen LogP contribution in [0, 0.1) is 13.8 Å². The molecule has 2 aromatic carbocycles. The van der Waals surface area contributed by atoms with Crippen molar-refractivity contribution in [3.05, 3.63) is 64.7 Å². The van der Waals surface area contributed by atoms with Gasteiger partial charge in [0.25, 0.3) is 5.91 Å². The van der Waals surface area contributed by atoms with Gasteiger partial charge in [-0.3, -0.25) is 9.59 Å². The van der Waals surface area contributed by atoms with E-state index in [-0.39, 0.29) is 16.7 Å². The van der Waals surface area contributed by atoms with Gasteiger partial charge in [-0.1, -0.05) is 30.3 Å². The first kappa shape index (κ1) is 24.9. The van der Waals surface area contributed by atoms with Crippen LogP contribution in [0.1, 0.15) is 39.9 Å². The van der Waals surface area contributed by atoms with E-state index >= 15 is 0 Å². The summed E-state index contributed by atoms with van der Waals surface area (Å²) in [5.74, 6) is -0.0898. The zero-order valence-corrected chi connectivity index (χ0v) is 20.7. The molecule has 8 heteroatoms. The number of hydrogen-bond acceptors (Lipinski definition) is 4. The Labute approximate surface area is 197 Å². The first-order valence-electron chi connectivity index (χ1n) is 11.3. The van der Waals surface area contributed by atoms with Crippen molar-refractivity contribution in [1.29, 1.82) is 0 Å². The number of benzene rings is 2. The number of nitrogens with zero attached hydrogens (tertiary/aromatic N) is 3. The zero-order valence-electron chi connectivity index (χ0n) is 19.9. The van der Waals surface area contributed by atoms with Crippen LogP contribution in [0.4, 0.5) is 0 Å². The number of sulfonamides is 1. The number of rotatable bonds is 7. The number of piperazine rings is 1. The molecular formula is C25H33N3O4S. The quantitative estimate of drug-likeness (QED) is 0.622. The summed E-state index contributed by atoms with van der Waals surface area (Å²) in [7, 11) is -0.694. The third-order valence-corrected chi connectivity index (χ3v) is 8.19. The van der Waals surface area contributed by atoms with Crippen molar-refractivity contribution in [2.75, 3.05) is 40.3 Å². The molecule has 1 saturated heterocycles. The van der Waals surface area contributed by atoms with Crippen molar-refractivity contribution >= 4 is 21.8 Å². The monoisotopic (exact) mass is 471 g/mol. The van der Waals surface area contributed by atoms with Gasteiger partial charge in [0.2, 0.25) is 15.9 Å². The molecule has 0 saturated carbocycles. The highest BCUT2D eigenvalue weighted by molar-refractivity contribution is 7.89. The summed E-state index contributed by atoms with van der Waals surface area (Å²) in [5.41, 5.74) is 2.99. The highest BCUT2D eigenvalue weighted by Crippen LogP contribution is 2.24. The largest absolute Gasteiger partial charge is 0.339 e. The summed E-state index contributed by atoms with van der Waals surface area (Å²) in [6.07, 6.45) is 2.16. The Balaban J connectivity index is 1.60. The van der Waals surface area contributed by atoms with Crippen LogP contribution in [0.25, 0.3) is 0 Å². The summed E-state index contributed by atoms with van der Waals surface area (Å²) < 4.78 is 26.6. The van der Waals surface area contributed by atoms with Gasteiger partial charge in [0.15, 0.2) is 0 Å². The lowest BCUT2D eigenvalue weighted by Crippen LogP contribution is -2.50. The first-order chi connectivity index (χ1) is 15.6. The average molecular weight is 472 g/mol. The van der Waals surface area contributed by atoms with Gasteiger partial charge in [-0.25, -0.2) is 12.7 Å². The van der Waals surface area contributed by atoms with Crippen molar-refractivity contribution in [1.82, 2.24) is 14.1 Å². The van der Waals surface area contributed by atoms with Crippen LogP contribution in [0.15, 0.2) is 47.4 Å². The van der Waals surface area contributed by atoms with E-state index in [1.807, 2.05) is 30.0 Å². The molecule has 33 heavy (non-hydrogen) atoms. The Kier molecular flexibility index (Phi) is 7.92. The van der Waals surface area contributed by atoms with Crippen LogP contribution in [0.3, 0.4) is 0 Å². The van der Waals surface area contributed by atoms with Crippen molar-refractivity contribution < 1.29 is 18.0 Å². The zero-order chi connectivity index (χ0) is 24.2. The third kappa shape index (κ3) is 5.81. The highest BCUT2D eigenvalue weighted by Gasteiger charge is 2.27. The lowest BCUT2D eigenvalue weighted by atomic mass is 10.0. The number of aryl methyl sites for hydroxylation is 2. The van der Waals surface area contributed by atoms with Crippen molar-refractivity contribution in [3.63, 3.8) is 0 Å². The van der Waals surface area contributed by atoms with Crippen LogP contribution in [0.5, 0.6) is 0 Å². The van der Waals surface area contributed by atoms with E-state index in [0.717, 1.165) is 22.7 Å². The van der Waals surface area contributed by atoms with E-state index in [9.17, 15) is 18.0 Å². The second-order valence-electron chi connectivity index (χ2n) is 8.72. The molecule has 3 rings (SSSR count). The van der Waals surface area contributed by atoms with Crippen LogP contribution in [-0.4, -0.2) is 74.6 Å². The molecule has 0 spiro atoms. The SMILES string of the molecule is Cc1cc(C(=O)N2CCN(C(=O)CCCc3ccccc3)CC2)cc(S(=O)(=O)N(C)C)c1C. The van der Waals surface area contributed by atoms with Crippen LogP contribution in [0.2, 0.25) is 0 Å². The van der Waals surface area contributed by atoms with Gasteiger partial charge in [0, 0.05) is 52.3 Å². The van der Waals surface area contributed by atoms with Gasteiger partial charge >= 0.3 is 0 Å². The van der Waals surface area contributed by atoms with E-state index in [2.05, 4.69) is 12.1 Å². The van der Waals surface area contributed by atoms with Crippen molar-refractivity contribution in [2.24, 2.45) is 0 Å². The number of carbonyl (C=O) groups excluding carboxylic acids is 2. The Morgan fingerprint density at radius 2 is 1.55 bits per heavy atom. The average Bonchev–Trinajstić information content (AvgIpc) is 2.80. The summed E-state index contributed by atoms with van der Waals surface area (Å²) in [4.78, 5) is 29.4. The second-order valence-corrected chi connectivity index (χ2v) is 10.8. The minimum Gasteiger partial charge on any atom is -0.339 e. The molecule has 0 radical (unpaired) electrons. The fourth-order valence-electron chi connectivity index (χ4n) is 4.00.